The molecule has 4 rings (SSSR count). The third-order valence-corrected chi connectivity index (χ3v) is 4.06. The van der Waals surface area contributed by atoms with Crippen molar-refractivity contribution in [3.8, 4) is 0 Å². The molecule has 0 spiro atoms. The summed E-state index contributed by atoms with van der Waals surface area (Å²) in [6.45, 7) is 0. The highest BCUT2D eigenvalue weighted by Gasteiger charge is 2.25. The van der Waals surface area contributed by atoms with E-state index in [0.29, 0.717) is 5.46 Å². The molecule has 0 unspecified atom stereocenters. The predicted octanol–water partition coefficient (Wildman–Crippen LogP) is 1.47. The lowest BCUT2D eigenvalue weighted by atomic mass is 9.75. The third kappa shape index (κ3) is 3.22. The minimum absolute atomic E-state index is 0.131. The van der Waals surface area contributed by atoms with Crippen molar-refractivity contribution in [2.45, 2.75) is 6.42 Å². The minimum Gasteiger partial charge on any atom is -0.427 e. The average Bonchev–Trinajstić information content (AvgIpc) is 2.62. The first-order valence-electron chi connectivity index (χ1n) is 7.83. The van der Waals surface area contributed by atoms with Gasteiger partial charge in [-0.2, -0.15) is 0 Å². The number of rotatable bonds is 3. The summed E-state index contributed by atoms with van der Waals surface area (Å²) in [5, 5.41) is 18.4. The van der Waals surface area contributed by atoms with Crippen LogP contribution in [-0.2, 0) is 16.0 Å². The van der Waals surface area contributed by atoms with Crippen LogP contribution in [0.2, 0.25) is 0 Å². The maximum atomic E-state index is 12.3. The first kappa shape index (κ1) is 15.3. The molecule has 0 bridgehead atoms. The number of hydrogen-bond donors (Lipinski definition) is 2. The molecule has 0 saturated carbocycles. The molecule has 0 atom stereocenters. The molecule has 2 N–H and O–H groups in total. The van der Waals surface area contributed by atoms with Crippen LogP contribution in [0, 0.1) is 0 Å². The molecular weight excluding hydrogens is 317 g/mol. The summed E-state index contributed by atoms with van der Waals surface area (Å²) in [6.07, 6.45) is 5.24. The van der Waals surface area contributed by atoms with Gasteiger partial charge in [0.1, 0.15) is 0 Å². The van der Waals surface area contributed by atoms with Crippen LogP contribution >= 0.6 is 0 Å². The van der Waals surface area contributed by atoms with E-state index >= 15 is 0 Å². The number of amides is 1. The Morgan fingerprint density at radius 1 is 1.16 bits per heavy atom. The Morgan fingerprint density at radius 3 is 3.00 bits per heavy atom. The standard InChI is InChI=1S/C18H14BN3O3/c23-18(22-16-4-3-14-10-20-6-5-13(14)9-16)8-12-1-2-15-11-21-25-19(24)17(15)7-12/h1-7,9-11,24H,8H2,(H,22,23). The van der Waals surface area contributed by atoms with Crippen molar-refractivity contribution < 1.29 is 14.6 Å². The van der Waals surface area contributed by atoms with Gasteiger partial charge in [0, 0.05) is 28.9 Å². The van der Waals surface area contributed by atoms with E-state index in [4.69, 9.17) is 4.76 Å². The Bertz CT molecular complexity index is 990. The van der Waals surface area contributed by atoms with Crippen LogP contribution in [0.4, 0.5) is 5.69 Å². The molecule has 1 aliphatic rings. The molecule has 2 heterocycles. The first-order chi connectivity index (χ1) is 12.2. The molecule has 1 amide bonds. The van der Waals surface area contributed by atoms with Crippen LogP contribution in [0.3, 0.4) is 0 Å². The van der Waals surface area contributed by atoms with E-state index in [1.807, 2.05) is 36.4 Å². The maximum Gasteiger partial charge on any atom is 0.583 e. The number of carbonyl (C=O) groups excluding carboxylic acids is 1. The van der Waals surface area contributed by atoms with Crippen LogP contribution < -0.4 is 10.8 Å². The van der Waals surface area contributed by atoms with Crippen LogP contribution in [-0.4, -0.2) is 29.2 Å². The van der Waals surface area contributed by atoms with E-state index in [2.05, 4.69) is 15.5 Å². The fraction of sp³-hybridized carbons (Fsp3) is 0.0556. The molecule has 0 fully saturated rings. The fourth-order valence-corrected chi connectivity index (χ4v) is 2.82. The Hall–Kier alpha value is -3.19. The second-order valence-electron chi connectivity index (χ2n) is 5.82. The normalized spacial score (nSPS) is 12.6. The van der Waals surface area contributed by atoms with Crippen molar-refractivity contribution in [3.05, 3.63) is 66.0 Å². The monoisotopic (exact) mass is 331 g/mol. The lowest BCUT2D eigenvalue weighted by Gasteiger charge is -2.14. The number of pyridine rings is 1. The quantitative estimate of drug-likeness (QED) is 0.712. The fourth-order valence-electron chi connectivity index (χ4n) is 2.82. The van der Waals surface area contributed by atoms with E-state index in [0.717, 1.165) is 27.6 Å². The van der Waals surface area contributed by atoms with Gasteiger partial charge in [-0.25, -0.2) is 0 Å². The van der Waals surface area contributed by atoms with E-state index in [1.165, 1.54) is 6.21 Å². The van der Waals surface area contributed by atoms with Crippen molar-refractivity contribution in [3.63, 3.8) is 0 Å². The van der Waals surface area contributed by atoms with Gasteiger partial charge in [-0.3, -0.25) is 9.78 Å². The van der Waals surface area contributed by atoms with Gasteiger partial charge >= 0.3 is 7.12 Å². The summed E-state index contributed by atoms with van der Waals surface area (Å²) in [7, 11) is -1.10. The predicted molar refractivity (Wildman–Crippen MR) is 96.8 cm³/mol. The summed E-state index contributed by atoms with van der Waals surface area (Å²) >= 11 is 0. The zero-order valence-electron chi connectivity index (χ0n) is 13.2. The van der Waals surface area contributed by atoms with E-state index < -0.39 is 7.12 Å². The zero-order chi connectivity index (χ0) is 17.2. The molecule has 7 heteroatoms. The molecule has 25 heavy (non-hydrogen) atoms. The van der Waals surface area contributed by atoms with Crippen LogP contribution in [0.25, 0.3) is 10.8 Å². The number of fused-ring (bicyclic) bond motifs is 2. The Kier molecular flexibility index (Phi) is 3.91. The topological polar surface area (TPSA) is 83.8 Å². The number of aromatic nitrogens is 1. The van der Waals surface area contributed by atoms with Crippen LogP contribution in [0.15, 0.2) is 60.0 Å². The summed E-state index contributed by atoms with van der Waals surface area (Å²) < 4.78 is 4.82. The van der Waals surface area contributed by atoms with Crippen LogP contribution in [0.5, 0.6) is 0 Å². The number of benzene rings is 2. The molecule has 122 valence electrons. The summed E-state index contributed by atoms with van der Waals surface area (Å²) in [6, 6.07) is 13.0. The number of carbonyl (C=O) groups is 1. The number of nitrogens with one attached hydrogen (secondary N) is 1. The molecule has 0 aliphatic carbocycles. The van der Waals surface area contributed by atoms with Crippen LogP contribution in [0.1, 0.15) is 11.1 Å². The van der Waals surface area contributed by atoms with Gasteiger partial charge in [0.2, 0.25) is 5.91 Å². The van der Waals surface area contributed by atoms with Gasteiger partial charge in [-0.05, 0) is 34.7 Å². The second kappa shape index (κ2) is 6.37. The third-order valence-electron chi connectivity index (χ3n) is 4.06. The lowest BCUT2D eigenvalue weighted by Crippen LogP contribution is -2.38. The highest BCUT2D eigenvalue weighted by molar-refractivity contribution is 6.62. The van der Waals surface area contributed by atoms with Gasteiger partial charge in [-0.15, -0.1) is 5.16 Å². The van der Waals surface area contributed by atoms with Gasteiger partial charge in [-0.1, -0.05) is 24.3 Å². The Balaban J connectivity index is 1.50. The Morgan fingerprint density at radius 2 is 2.08 bits per heavy atom. The summed E-state index contributed by atoms with van der Waals surface area (Å²) in [5.41, 5.74) is 2.92. The van der Waals surface area contributed by atoms with Gasteiger partial charge in [0.25, 0.3) is 0 Å². The molecule has 3 aromatic rings. The molecule has 0 saturated heterocycles. The van der Waals surface area contributed by atoms with Gasteiger partial charge in [0.15, 0.2) is 0 Å². The summed E-state index contributed by atoms with van der Waals surface area (Å²) in [4.78, 5) is 16.4. The van der Waals surface area contributed by atoms with E-state index in [9.17, 15) is 9.82 Å². The van der Waals surface area contributed by atoms with Gasteiger partial charge < -0.3 is 15.1 Å². The average molecular weight is 331 g/mol. The molecule has 1 aliphatic heterocycles. The van der Waals surface area contributed by atoms with Crippen molar-refractivity contribution in [2.24, 2.45) is 5.16 Å². The van der Waals surface area contributed by atoms with Crippen molar-refractivity contribution >= 4 is 41.2 Å². The number of hydrogen-bond acceptors (Lipinski definition) is 5. The second-order valence-corrected chi connectivity index (χ2v) is 5.82. The van der Waals surface area contributed by atoms with E-state index in [-0.39, 0.29) is 12.3 Å². The SMILES string of the molecule is O=C(Cc1ccc2c(c1)B(O)ON=C2)Nc1ccc2cnccc2c1. The number of anilines is 1. The first-order valence-corrected chi connectivity index (χ1v) is 7.83. The molecule has 0 radical (unpaired) electrons. The summed E-state index contributed by atoms with van der Waals surface area (Å²) in [5.74, 6) is -0.131. The zero-order valence-corrected chi connectivity index (χ0v) is 13.2. The van der Waals surface area contributed by atoms with Crippen molar-refractivity contribution in [1.82, 2.24) is 4.98 Å². The minimum atomic E-state index is -1.10. The molecule has 1 aromatic heterocycles. The number of oxime groups is 1. The molecule has 6 nitrogen and oxygen atoms in total. The highest BCUT2D eigenvalue weighted by atomic mass is 16.6. The van der Waals surface area contributed by atoms with E-state index in [1.54, 1.807) is 18.5 Å². The largest absolute Gasteiger partial charge is 0.583 e. The molecular formula is C18H14BN3O3. The lowest BCUT2D eigenvalue weighted by molar-refractivity contribution is -0.115. The molecule has 2 aromatic carbocycles. The van der Waals surface area contributed by atoms with Crippen molar-refractivity contribution in [1.29, 1.82) is 0 Å². The van der Waals surface area contributed by atoms with Crippen molar-refractivity contribution in [2.75, 3.05) is 5.32 Å². The van der Waals surface area contributed by atoms with Gasteiger partial charge in [0.05, 0.1) is 12.6 Å². The Labute approximate surface area is 144 Å². The number of nitrogens with zero attached hydrogens (tertiary/aromatic N) is 2. The maximum absolute atomic E-state index is 12.3. The highest BCUT2D eigenvalue weighted by Crippen LogP contribution is 2.18. The smallest absolute Gasteiger partial charge is 0.427 e.